The number of nitrogens with one attached hydrogen (secondary N) is 1. The summed E-state index contributed by atoms with van der Waals surface area (Å²) in [6.07, 6.45) is 1.99. The zero-order valence-electron chi connectivity index (χ0n) is 17.2. The molecule has 0 aliphatic rings. The van der Waals surface area contributed by atoms with Crippen molar-refractivity contribution in [2.24, 2.45) is 0 Å². The Balaban J connectivity index is 2.29. The van der Waals surface area contributed by atoms with E-state index >= 15 is 0 Å². The van der Waals surface area contributed by atoms with Crippen molar-refractivity contribution in [3.63, 3.8) is 0 Å². The van der Waals surface area contributed by atoms with E-state index in [0.717, 1.165) is 17.8 Å². The standard InChI is InChI=1S/C20H29N3O4S/c1-6-13(7-2)19-22-23-20(28-19)21-18(24)14-11-15(25-8-3)17(27-10-5)16(12-14)26-9-4/h11-13H,6-10H2,1-5H3,(H,21,23,24). The number of amides is 1. The third-order valence-electron chi connectivity index (χ3n) is 4.17. The van der Waals surface area contributed by atoms with Crippen molar-refractivity contribution in [3.05, 3.63) is 22.7 Å². The van der Waals surface area contributed by atoms with Crippen molar-refractivity contribution in [2.75, 3.05) is 25.1 Å². The van der Waals surface area contributed by atoms with E-state index < -0.39 is 0 Å². The molecule has 1 amide bonds. The van der Waals surface area contributed by atoms with Crippen molar-refractivity contribution in [2.45, 2.75) is 53.4 Å². The highest BCUT2D eigenvalue weighted by Crippen LogP contribution is 2.39. The summed E-state index contributed by atoms with van der Waals surface area (Å²) in [5.41, 5.74) is 0.412. The van der Waals surface area contributed by atoms with Gasteiger partial charge in [-0.15, -0.1) is 10.2 Å². The van der Waals surface area contributed by atoms with Gasteiger partial charge in [0.15, 0.2) is 11.5 Å². The average molecular weight is 408 g/mol. The number of carbonyl (C=O) groups is 1. The number of rotatable bonds is 11. The molecule has 8 heteroatoms. The summed E-state index contributed by atoms with van der Waals surface area (Å²) in [6, 6.07) is 3.32. The molecule has 1 aromatic heterocycles. The molecule has 1 N–H and O–H groups in total. The first-order valence-corrected chi connectivity index (χ1v) is 10.6. The minimum absolute atomic E-state index is 0.294. The van der Waals surface area contributed by atoms with E-state index in [-0.39, 0.29) is 5.91 Å². The highest BCUT2D eigenvalue weighted by atomic mass is 32.1. The van der Waals surface area contributed by atoms with Gasteiger partial charge in [0.25, 0.3) is 5.91 Å². The van der Waals surface area contributed by atoms with E-state index in [9.17, 15) is 4.79 Å². The highest BCUT2D eigenvalue weighted by Gasteiger charge is 2.20. The minimum atomic E-state index is -0.294. The summed E-state index contributed by atoms with van der Waals surface area (Å²) in [4.78, 5) is 12.8. The van der Waals surface area contributed by atoms with Crippen LogP contribution in [0.4, 0.5) is 5.13 Å². The van der Waals surface area contributed by atoms with Gasteiger partial charge >= 0.3 is 0 Å². The lowest BCUT2D eigenvalue weighted by atomic mass is 10.1. The number of hydrogen-bond acceptors (Lipinski definition) is 7. The van der Waals surface area contributed by atoms with Gasteiger partial charge in [-0.1, -0.05) is 25.2 Å². The molecule has 0 atom stereocenters. The number of benzene rings is 1. The molecule has 2 rings (SSSR count). The van der Waals surface area contributed by atoms with E-state index in [1.54, 1.807) is 12.1 Å². The summed E-state index contributed by atoms with van der Waals surface area (Å²) >= 11 is 1.41. The van der Waals surface area contributed by atoms with Gasteiger partial charge in [-0.2, -0.15) is 0 Å². The van der Waals surface area contributed by atoms with Crippen LogP contribution in [0.5, 0.6) is 17.2 Å². The van der Waals surface area contributed by atoms with Gasteiger partial charge in [0, 0.05) is 11.5 Å². The highest BCUT2D eigenvalue weighted by molar-refractivity contribution is 7.15. The maximum Gasteiger partial charge on any atom is 0.257 e. The van der Waals surface area contributed by atoms with E-state index in [2.05, 4.69) is 29.4 Å². The Hall–Kier alpha value is -2.35. The maximum atomic E-state index is 12.8. The second-order valence-corrected chi connectivity index (χ2v) is 7.02. The second-order valence-electron chi connectivity index (χ2n) is 6.01. The van der Waals surface area contributed by atoms with Crippen LogP contribution in [0, 0.1) is 0 Å². The average Bonchev–Trinajstić information content (AvgIpc) is 3.13. The number of nitrogens with zero attached hydrogens (tertiary/aromatic N) is 2. The van der Waals surface area contributed by atoms with Crippen LogP contribution in [0.25, 0.3) is 0 Å². The predicted octanol–water partition coefficient (Wildman–Crippen LogP) is 4.89. The molecule has 0 saturated heterocycles. The number of hydrogen-bond donors (Lipinski definition) is 1. The SMILES string of the molecule is CCOc1cc(C(=O)Nc2nnc(C(CC)CC)s2)cc(OCC)c1OCC. The normalized spacial score (nSPS) is 10.8. The maximum absolute atomic E-state index is 12.8. The van der Waals surface area contributed by atoms with Crippen LogP contribution in [0.3, 0.4) is 0 Å². The molecule has 2 aromatic rings. The number of anilines is 1. The molecule has 7 nitrogen and oxygen atoms in total. The van der Waals surface area contributed by atoms with Gasteiger partial charge in [0.1, 0.15) is 5.01 Å². The molecular formula is C20H29N3O4S. The quantitative estimate of drug-likeness (QED) is 0.571. The molecule has 154 valence electrons. The van der Waals surface area contributed by atoms with E-state index in [4.69, 9.17) is 14.2 Å². The Morgan fingerprint density at radius 1 is 0.964 bits per heavy atom. The Morgan fingerprint density at radius 2 is 1.54 bits per heavy atom. The van der Waals surface area contributed by atoms with Gasteiger partial charge in [0.05, 0.1) is 19.8 Å². The van der Waals surface area contributed by atoms with Crippen LogP contribution in [-0.2, 0) is 0 Å². The topological polar surface area (TPSA) is 82.6 Å². The first-order chi connectivity index (χ1) is 13.6. The molecule has 1 aromatic carbocycles. The first-order valence-electron chi connectivity index (χ1n) is 9.78. The van der Waals surface area contributed by atoms with Crippen molar-refractivity contribution < 1.29 is 19.0 Å². The number of ether oxygens (including phenoxy) is 3. The lowest BCUT2D eigenvalue weighted by Gasteiger charge is -2.16. The molecule has 0 saturated carbocycles. The fraction of sp³-hybridized carbons (Fsp3) is 0.550. The lowest BCUT2D eigenvalue weighted by molar-refractivity contribution is 0.102. The third kappa shape index (κ3) is 5.34. The third-order valence-corrected chi connectivity index (χ3v) is 5.17. The molecule has 0 spiro atoms. The van der Waals surface area contributed by atoms with Crippen LogP contribution < -0.4 is 19.5 Å². The second kappa shape index (κ2) is 10.8. The smallest absolute Gasteiger partial charge is 0.257 e. The predicted molar refractivity (Wildman–Crippen MR) is 111 cm³/mol. The molecule has 0 radical (unpaired) electrons. The van der Waals surface area contributed by atoms with E-state index in [1.807, 2.05) is 20.8 Å². The first kappa shape index (κ1) is 21.9. The van der Waals surface area contributed by atoms with Gasteiger partial charge in [0.2, 0.25) is 10.9 Å². The summed E-state index contributed by atoms with van der Waals surface area (Å²) in [5, 5.41) is 12.6. The molecular weight excluding hydrogens is 378 g/mol. The van der Waals surface area contributed by atoms with Crippen molar-refractivity contribution in [1.29, 1.82) is 0 Å². The fourth-order valence-electron chi connectivity index (χ4n) is 2.78. The van der Waals surface area contributed by atoms with Crippen molar-refractivity contribution in [1.82, 2.24) is 10.2 Å². The Bertz CT molecular complexity index is 748. The fourth-order valence-corrected chi connectivity index (χ4v) is 3.78. The monoisotopic (exact) mass is 407 g/mol. The van der Waals surface area contributed by atoms with Gasteiger partial charge in [-0.05, 0) is 45.7 Å². The van der Waals surface area contributed by atoms with Crippen molar-refractivity contribution >= 4 is 22.4 Å². The Kier molecular flexibility index (Phi) is 8.50. The lowest BCUT2D eigenvalue weighted by Crippen LogP contribution is -2.13. The summed E-state index contributed by atoms with van der Waals surface area (Å²) < 4.78 is 17.0. The van der Waals surface area contributed by atoms with Crippen LogP contribution in [-0.4, -0.2) is 35.9 Å². The Morgan fingerprint density at radius 3 is 2.04 bits per heavy atom. The minimum Gasteiger partial charge on any atom is -0.490 e. The van der Waals surface area contributed by atoms with Crippen LogP contribution >= 0.6 is 11.3 Å². The summed E-state index contributed by atoms with van der Waals surface area (Å²) in [5.74, 6) is 1.54. The zero-order chi connectivity index (χ0) is 20.5. The number of carbonyl (C=O) groups excluding carboxylic acids is 1. The molecule has 0 fully saturated rings. The zero-order valence-corrected chi connectivity index (χ0v) is 18.0. The molecule has 28 heavy (non-hydrogen) atoms. The molecule has 0 bridgehead atoms. The Labute approximate surface area is 170 Å². The van der Waals surface area contributed by atoms with Crippen LogP contribution in [0.2, 0.25) is 0 Å². The van der Waals surface area contributed by atoms with E-state index in [1.165, 1.54) is 11.3 Å². The molecule has 0 aliphatic carbocycles. The van der Waals surface area contributed by atoms with Crippen LogP contribution in [0.1, 0.15) is 68.7 Å². The largest absolute Gasteiger partial charge is 0.490 e. The van der Waals surface area contributed by atoms with E-state index in [0.29, 0.717) is 53.7 Å². The molecule has 0 unspecified atom stereocenters. The molecule has 1 heterocycles. The molecule has 0 aliphatic heterocycles. The van der Waals surface area contributed by atoms with Crippen LogP contribution in [0.15, 0.2) is 12.1 Å². The van der Waals surface area contributed by atoms with Gasteiger partial charge in [-0.25, -0.2) is 0 Å². The van der Waals surface area contributed by atoms with Gasteiger partial charge < -0.3 is 14.2 Å². The summed E-state index contributed by atoms with van der Waals surface area (Å²) in [7, 11) is 0. The summed E-state index contributed by atoms with van der Waals surface area (Å²) in [6.45, 7) is 11.3. The number of aromatic nitrogens is 2. The van der Waals surface area contributed by atoms with Gasteiger partial charge in [-0.3, -0.25) is 10.1 Å². The van der Waals surface area contributed by atoms with Crippen molar-refractivity contribution in [3.8, 4) is 17.2 Å².